The van der Waals surface area contributed by atoms with Gasteiger partial charge in [-0.15, -0.1) is 0 Å². The van der Waals surface area contributed by atoms with Gasteiger partial charge >= 0.3 is 5.97 Å². The van der Waals surface area contributed by atoms with Crippen LogP contribution in [-0.4, -0.2) is 50.2 Å². The minimum absolute atomic E-state index is 0.00657. The van der Waals surface area contributed by atoms with E-state index in [1.54, 1.807) is 18.2 Å². The minimum Gasteiger partial charge on any atom is -0.508 e. The predicted octanol–water partition coefficient (Wildman–Crippen LogP) is 7.65. The van der Waals surface area contributed by atoms with Crippen molar-refractivity contribution in [1.29, 1.82) is 0 Å². The van der Waals surface area contributed by atoms with Gasteiger partial charge in [-0.25, -0.2) is 4.79 Å². The van der Waals surface area contributed by atoms with Gasteiger partial charge in [-0.3, -0.25) is 0 Å². The summed E-state index contributed by atoms with van der Waals surface area (Å²) in [5.41, 5.74) is 1.24. The molecule has 2 aromatic rings. The second-order valence-electron chi connectivity index (χ2n) is 11.4. The van der Waals surface area contributed by atoms with Crippen molar-refractivity contribution in [3.8, 4) is 17.2 Å². The number of rotatable bonds is 15. The molecule has 0 aromatic heterocycles. The second kappa shape index (κ2) is 18.1. The first-order valence-corrected chi connectivity index (χ1v) is 15.6. The van der Waals surface area contributed by atoms with E-state index < -0.39 is 11.6 Å². The summed E-state index contributed by atoms with van der Waals surface area (Å²) in [5.74, 6) is -1.36. The topological polar surface area (TPSA) is 130 Å². The van der Waals surface area contributed by atoms with E-state index in [-0.39, 0.29) is 28.2 Å². The molecule has 7 nitrogen and oxygen atoms in total. The largest absolute Gasteiger partial charge is 0.508 e. The molecule has 0 amide bonds. The molecule has 0 saturated heterocycles. The average molecular weight is 592 g/mol. The molecule has 0 radical (unpaired) electrons. The summed E-state index contributed by atoms with van der Waals surface area (Å²) in [6, 6.07) is 8.58. The van der Waals surface area contributed by atoms with Crippen LogP contribution in [0, 0.1) is 0 Å². The Balaban J connectivity index is 0.000000288. The third-order valence-corrected chi connectivity index (χ3v) is 8.31. The molecule has 3 rings (SSSR count). The van der Waals surface area contributed by atoms with Crippen LogP contribution in [0.15, 0.2) is 30.3 Å². The van der Waals surface area contributed by atoms with E-state index in [9.17, 15) is 25.2 Å². The Morgan fingerprint density at radius 3 is 2.00 bits per heavy atom. The molecular weight excluding hydrogens is 542 g/mol. The highest BCUT2D eigenvalue weighted by atomic mass is 35.5. The number of aliphatic hydroxyl groups is 1. The lowest BCUT2D eigenvalue weighted by molar-refractivity contribution is -0.157. The van der Waals surface area contributed by atoms with E-state index in [1.807, 2.05) is 12.1 Å². The molecule has 8 heteroatoms. The van der Waals surface area contributed by atoms with Crippen LogP contribution < -0.4 is 5.32 Å². The summed E-state index contributed by atoms with van der Waals surface area (Å²) in [6.45, 7) is 5.09. The molecule has 6 N–H and O–H groups in total. The van der Waals surface area contributed by atoms with Gasteiger partial charge < -0.3 is 30.8 Å². The van der Waals surface area contributed by atoms with E-state index >= 15 is 0 Å². The molecular formula is C33H50ClNO6. The van der Waals surface area contributed by atoms with E-state index in [1.165, 1.54) is 64.7 Å². The monoisotopic (exact) mass is 591 g/mol. The molecule has 2 aromatic carbocycles. The molecule has 41 heavy (non-hydrogen) atoms. The first-order chi connectivity index (χ1) is 19.6. The summed E-state index contributed by atoms with van der Waals surface area (Å²) in [4.78, 5) is 10.7. The molecule has 0 fully saturated rings. The zero-order valence-corrected chi connectivity index (χ0v) is 25.6. The van der Waals surface area contributed by atoms with Gasteiger partial charge in [0, 0.05) is 12.5 Å². The summed E-state index contributed by atoms with van der Waals surface area (Å²) in [7, 11) is 0. The number of aliphatic carboxylic acids is 1. The number of unbranched alkanes of at least 4 members (excludes halogenated alkanes) is 11. The van der Waals surface area contributed by atoms with Crippen molar-refractivity contribution in [2.24, 2.45) is 0 Å². The molecule has 1 aliphatic rings. The fraction of sp³-hybridized carbons (Fsp3) is 0.606. The molecule has 0 bridgehead atoms. The number of hydrogen-bond acceptors (Lipinski definition) is 6. The fourth-order valence-corrected chi connectivity index (χ4v) is 5.54. The number of phenolic OH excluding ortho intramolecular Hbond substituents is 3. The van der Waals surface area contributed by atoms with Crippen LogP contribution in [0.3, 0.4) is 0 Å². The highest BCUT2D eigenvalue weighted by Crippen LogP contribution is 2.42. The van der Waals surface area contributed by atoms with Gasteiger partial charge in [0.2, 0.25) is 0 Å². The van der Waals surface area contributed by atoms with E-state index in [2.05, 4.69) is 12.2 Å². The summed E-state index contributed by atoms with van der Waals surface area (Å²) in [5, 5.41) is 51.0. The van der Waals surface area contributed by atoms with Gasteiger partial charge in [-0.1, -0.05) is 101 Å². The molecule has 0 saturated carbocycles. The molecule has 0 aliphatic carbocycles. The molecule has 2 unspecified atom stereocenters. The van der Waals surface area contributed by atoms with Crippen LogP contribution >= 0.6 is 11.6 Å². The van der Waals surface area contributed by atoms with Crippen molar-refractivity contribution in [2.45, 2.75) is 115 Å². The maximum Gasteiger partial charge on any atom is 0.335 e. The zero-order chi connectivity index (χ0) is 30.3. The number of aromatic hydroxyl groups is 3. The Bertz CT molecular complexity index is 1060. The Labute approximate surface area is 250 Å². The van der Waals surface area contributed by atoms with Crippen LogP contribution in [0.1, 0.15) is 120 Å². The van der Waals surface area contributed by atoms with Gasteiger partial charge in [0.15, 0.2) is 17.1 Å². The molecule has 2 atom stereocenters. The number of halogens is 1. The number of carboxylic acid groups (broad SMARTS) is 1. The predicted molar refractivity (Wildman–Crippen MR) is 165 cm³/mol. The average Bonchev–Trinajstić information content (AvgIpc) is 3.15. The second-order valence-corrected chi connectivity index (χ2v) is 11.8. The van der Waals surface area contributed by atoms with Crippen molar-refractivity contribution < 1.29 is 30.3 Å². The Hall–Kier alpha value is -2.48. The lowest BCUT2D eigenvalue weighted by Gasteiger charge is -2.20. The lowest BCUT2D eigenvalue weighted by Crippen LogP contribution is -2.34. The maximum absolute atomic E-state index is 10.7. The van der Waals surface area contributed by atoms with Crippen LogP contribution in [0.5, 0.6) is 17.2 Å². The summed E-state index contributed by atoms with van der Waals surface area (Å²) >= 11 is 6.19. The van der Waals surface area contributed by atoms with Gasteiger partial charge in [0.1, 0.15) is 5.75 Å². The number of carboxylic acids is 1. The highest BCUT2D eigenvalue weighted by Gasteiger charge is 2.28. The number of fused-ring (bicyclic) bond motifs is 1. The van der Waals surface area contributed by atoms with Crippen LogP contribution in [-0.2, 0) is 11.2 Å². The van der Waals surface area contributed by atoms with Crippen molar-refractivity contribution >= 4 is 17.6 Å². The van der Waals surface area contributed by atoms with Crippen LogP contribution in [0.4, 0.5) is 0 Å². The van der Waals surface area contributed by atoms with Crippen molar-refractivity contribution in [1.82, 2.24) is 5.32 Å². The third kappa shape index (κ3) is 11.7. The van der Waals surface area contributed by atoms with Gasteiger partial charge in [-0.2, -0.15) is 0 Å². The molecule has 230 valence electrons. The smallest absolute Gasteiger partial charge is 0.335 e. The number of phenols is 3. The van der Waals surface area contributed by atoms with Crippen molar-refractivity contribution in [3.05, 3.63) is 52.0 Å². The molecule has 1 aliphatic heterocycles. The van der Waals surface area contributed by atoms with E-state index in [0.717, 1.165) is 42.5 Å². The third-order valence-electron chi connectivity index (χ3n) is 7.91. The summed E-state index contributed by atoms with van der Waals surface area (Å²) < 4.78 is 0. The number of benzene rings is 2. The van der Waals surface area contributed by atoms with Crippen molar-refractivity contribution in [2.75, 3.05) is 13.1 Å². The Morgan fingerprint density at radius 2 is 1.46 bits per heavy atom. The van der Waals surface area contributed by atoms with Crippen LogP contribution in [0.2, 0.25) is 5.02 Å². The van der Waals surface area contributed by atoms with Gasteiger partial charge in [0.05, 0.1) is 5.02 Å². The maximum atomic E-state index is 10.7. The highest BCUT2D eigenvalue weighted by molar-refractivity contribution is 6.33. The first-order valence-electron chi connectivity index (χ1n) is 15.3. The SMILES string of the molecule is CCCCCCCCCCCCCCC(C)(O)C(=O)O.Oc1ccc(C2CNCCc3c2cc(O)c(O)c3Cl)cc1. The number of carbonyl (C=O) groups is 1. The Morgan fingerprint density at radius 1 is 0.927 bits per heavy atom. The van der Waals surface area contributed by atoms with Crippen molar-refractivity contribution in [3.63, 3.8) is 0 Å². The Kier molecular flexibility index (Phi) is 15.4. The summed E-state index contributed by atoms with van der Waals surface area (Å²) in [6.07, 6.45) is 16.1. The fourth-order valence-electron chi connectivity index (χ4n) is 5.24. The van der Waals surface area contributed by atoms with Gasteiger partial charge in [-0.05, 0) is 67.6 Å². The quantitative estimate of drug-likeness (QED) is 0.0926. The number of nitrogens with one attached hydrogen (secondary N) is 1. The normalized spacial score (nSPS) is 16.1. The first kappa shape index (κ1) is 34.7. The minimum atomic E-state index is -1.54. The zero-order valence-electron chi connectivity index (χ0n) is 24.8. The van der Waals surface area contributed by atoms with E-state index in [4.69, 9.17) is 16.7 Å². The van der Waals surface area contributed by atoms with Gasteiger partial charge in [0.25, 0.3) is 0 Å². The number of hydrogen-bond donors (Lipinski definition) is 6. The molecule has 0 spiro atoms. The van der Waals surface area contributed by atoms with Crippen LogP contribution in [0.25, 0.3) is 0 Å². The van der Waals surface area contributed by atoms with E-state index in [0.29, 0.717) is 19.4 Å². The standard InChI is InChI=1S/C17H34O3.C16H16ClNO3/c1-3-4-5-6-7-8-9-10-11-12-13-14-15-17(2,20)16(18)19;17-15-11-5-6-18-8-13(9-1-3-10(19)4-2-9)12(11)7-14(20)16(15)21/h20H,3-15H2,1-2H3,(H,18,19);1-4,7,13,18-21H,5-6,8H2. The molecule has 1 heterocycles. The lowest BCUT2D eigenvalue weighted by atomic mass is 9.87.